The van der Waals surface area contributed by atoms with Gasteiger partial charge in [-0.2, -0.15) is 0 Å². The fourth-order valence-corrected chi connectivity index (χ4v) is 1.92. The Morgan fingerprint density at radius 2 is 2.40 bits per heavy atom. The molecule has 15 heavy (non-hydrogen) atoms. The lowest BCUT2D eigenvalue weighted by atomic mass is 10.1. The van der Waals surface area contributed by atoms with Crippen molar-refractivity contribution in [3.05, 3.63) is 41.5 Å². The predicted octanol–water partition coefficient (Wildman–Crippen LogP) is 2.59. The zero-order chi connectivity index (χ0) is 10.8. The van der Waals surface area contributed by atoms with Crippen molar-refractivity contribution in [3.63, 3.8) is 0 Å². The van der Waals surface area contributed by atoms with Crippen LogP contribution in [0.3, 0.4) is 0 Å². The first-order chi connectivity index (χ1) is 7.16. The molecule has 0 bridgehead atoms. The van der Waals surface area contributed by atoms with Gasteiger partial charge in [0.2, 0.25) is 0 Å². The first kappa shape index (κ1) is 10.2. The summed E-state index contributed by atoms with van der Waals surface area (Å²) in [6.07, 6.45) is 2.13. The van der Waals surface area contributed by atoms with Crippen LogP contribution < -0.4 is 10.5 Å². The van der Waals surface area contributed by atoms with Gasteiger partial charge < -0.3 is 10.5 Å². The molecule has 2 rings (SSSR count). The Morgan fingerprint density at radius 3 is 3.13 bits per heavy atom. The maximum absolute atomic E-state index is 5.96. The summed E-state index contributed by atoms with van der Waals surface area (Å²) < 4.78 is 5.59. The Morgan fingerprint density at radius 1 is 1.60 bits per heavy atom. The van der Waals surface area contributed by atoms with Crippen LogP contribution >= 0.6 is 0 Å². The minimum Gasteiger partial charge on any atom is -0.489 e. The second-order valence-electron chi connectivity index (χ2n) is 4.25. The molecule has 0 fully saturated rings. The van der Waals surface area contributed by atoms with Crippen molar-refractivity contribution in [2.45, 2.75) is 25.8 Å². The number of benzene rings is 1. The number of ether oxygens (including phenoxy) is 1. The van der Waals surface area contributed by atoms with Crippen molar-refractivity contribution in [3.8, 4) is 5.75 Å². The first-order valence-corrected chi connectivity index (χ1v) is 5.32. The van der Waals surface area contributed by atoms with Crippen LogP contribution in [0.4, 0.5) is 0 Å². The van der Waals surface area contributed by atoms with Gasteiger partial charge in [-0.3, -0.25) is 0 Å². The van der Waals surface area contributed by atoms with Crippen molar-refractivity contribution in [2.24, 2.45) is 5.73 Å². The van der Waals surface area contributed by atoms with Gasteiger partial charge in [0.05, 0.1) is 0 Å². The molecular weight excluding hydrogens is 186 g/mol. The van der Waals surface area contributed by atoms with Gasteiger partial charge in [-0.25, -0.2) is 0 Å². The second kappa shape index (κ2) is 4.07. The lowest BCUT2D eigenvalue weighted by molar-refractivity contribution is 0.352. The molecule has 0 aromatic heterocycles. The van der Waals surface area contributed by atoms with Crippen LogP contribution in [-0.4, -0.2) is 6.61 Å². The minimum absolute atomic E-state index is 0.218. The molecule has 0 spiro atoms. The third kappa shape index (κ3) is 2.21. The van der Waals surface area contributed by atoms with Crippen LogP contribution in [0.1, 0.15) is 30.5 Å². The van der Waals surface area contributed by atoms with Crippen molar-refractivity contribution >= 4 is 0 Å². The first-order valence-electron chi connectivity index (χ1n) is 5.32. The Labute approximate surface area is 90.7 Å². The van der Waals surface area contributed by atoms with Crippen molar-refractivity contribution < 1.29 is 4.74 Å². The normalized spacial score (nSPS) is 18.7. The van der Waals surface area contributed by atoms with E-state index in [9.17, 15) is 0 Å². The van der Waals surface area contributed by atoms with E-state index in [1.54, 1.807) is 0 Å². The molecule has 2 N–H and O–H groups in total. The average molecular weight is 203 g/mol. The number of hydrogen-bond donors (Lipinski definition) is 1. The van der Waals surface area contributed by atoms with Gasteiger partial charge in [0.25, 0.3) is 0 Å². The van der Waals surface area contributed by atoms with Crippen LogP contribution in [0, 0.1) is 0 Å². The molecule has 1 aromatic carbocycles. The van der Waals surface area contributed by atoms with Gasteiger partial charge in [0, 0.05) is 6.04 Å². The fraction of sp³-hybridized carbons (Fsp3) is 0.385. The molecule has 80 valence electrons. The van der Waals surface area contributed by atoms with E-state index in [0.29, 0.717) is 6.61 Å². The van der Waals surface area contributed by atoms with E-state index in [0.717, 1.165) is 24.2 Å². The standard InChI is InChI=1S/C13H17NO/c1-9(2)8-15-11-4-5-12-10(7-11)3-6-13(12)14/h4-5,7,13H,1,3,6,8,14H2,2H3/t13-/m1/s1. The van der Waals surface area contributed by atoms with Gasteiger partial charge >= 0.3 is 0 Å². The summed E-state index contributed by atoms with van der Waals surface area (Å²) in [7, 11) is 0. The van der Waals surface area contributed by atoms with E-state index < -0.39 is 0 Å². The van der Waals surface area contributed by atoms with Crippen molar-refractivity contribution in [1.29, 1.82) is 0 Å². The highest BCUT2D eigenvalue weighted by Gasteiger charge is 2.18. The third-order valence-corrected chi connectivity index (χ3v) is 2.72. The number of fused-ring (bicyclic) bond motifs is 1. The number of rotatable bonds is 3. The molecule has 0 radical (unpaired) electrons. The van der Waals surface area contributed by atoms with Gasteiger partial charge in [0.15, 0.2) is 0 Å². The van der Waals surface area contributed by atoms with Gasteiger partial charge in [0.1, 0.15) is 12.4 Å². The number of hydrogen-bond acceptors (Lipinski definition) is 2. The largest absolute Gasteiger partial charge is 0.489 e. The maximum Gasteiger partial charge on any atom is 0.120 e. The fourth-order valence-electron chi connectivity index (χ4n) is 1.92. The Balaban J connectivity index is 2.12. The molecule has 1 atom stereocenters. The Bertz CT molecular complexity index is 384. The third-order valence-electron chi connectivity index (χ3n) is 2.72. The molecule has 1 aromatic rings. The topological polar surface area (TPSA) is 35.2 Å². The highest BCUT2D eigenvalue weighted by atomic mass is 16.5. The summed E-state index contributed by atoms with van der Waals surface area (Å²) in [5.74, 6) is 0.922. The van der Waals surface area contributed by atoms with Crippen LogP contribution in [0.15, 0.2) is 30.4 Å². The van der Waals surface area contributed by atoms with Crippen LogP contribution in [-0.2, 0) is 6.42 Å². The monoisotopic (exact) mass is 203 g/mol. The molecular formula is C13H17NO. The van der Waals surface area contributed by atoms with E-state index in [4.69, 9.17) is 10.5 Å². The maximum atomic E-state index is 5.96. The zero-order valence-electron chi connectivity index (χ0n) is 9.12. The summed E-state index contributed by atoms with van der Waals surface area (Å²) in [4.78, 5) is 0. The van der Waals surface area contributed by atoms with Crippen LogP contribution in [0.2, 0.25) is 0 Å². The average Bonchev–Trinajstić information content (AvgIpc) is 2.57. The SMILES string of the molecule is C=C(C)COc1ccc2c(c1)CC[C@H]2N. The minimum atomic E-state index is 0.218. The van der Waals surface area contributed by atoms with Gasteiger partial charge in [-0.05, 0) is 48.6 Å². The van der Waals surface area contributed by atoms with Crippen molar-refractivity contribution in [2.75, 3.05) is 6.61 Å². The quantitative estimate of drug-likeness (QED) is 0.766. The van der Waals surface area contributed by atoms with Crippen LogP contribution in [0.5, 0.6) is 5.75 Å². The smallest absolute Gasteiger partial charge is 0.120 e. The van der Waals surface area contributed by atoms with Crippen molar-refractivity contribution in [1.82, 2.24) is 0 Å². The lowest BCUT2D eigenvalue weighted by Crippen LogP contribution is -2.05. The van der Waals surface area contributed by atoms with E-state index in [1.165, 1.54) is 11.1 Å². The van der Waals surface area contributed by atoms with Gasteiger partial charge in [-0.1, -0.05) is 12.6 Å². The summed E-state index contributed by atoms with van der Waals surface area (Å²) in [5, 5.41) is 0. The molecule has 0 aliphatic heterocycles. The van der Waals surface area contributed by atoms with E-state index >= 15 is 0 Å². The van der Waals surface area contributed by atoms with E-state index in [-0.39, 0.29) is 6.04 Å². The van der Waals surface area contributed by atoms with Gasteiger partial charge in [-0.15, -0.1) is 0 Å². The summed E-state index contributed by atoms with van der Waals surface area (Å²) in [5.41, 5.74) is 9.61. The van der Waals surface area contributed by atoms with E-state index in [1.807, 2.05) is 13.0 Å². The van der Waals surface area contributed by atoms with Crippen LogP contribution in [0.25, 0.3) is 0 Å². The molecule has 1 aliphatic carbocycles. The number of nitrogens with two attached hydrogens (primary N) is 1. The summed E-state index contributed by atoms with van der Waals surface area (Å²) in [6, 6.07) is 6.40. The Hall–Kier alpha value is -1.28. The lowest BCUT2D eigenvalue weighted by Gasteiger charge is -2.09. The molecule has 0 saturated carbocycles. The number of aryl methyl sites for hydroxylation is 1. The highest BCUT2D eigenvalue weighted by molar-refractivity contribution is 5.40. The summed E-state index contributed by atoms with van der Waals surface area (Å²) >= 11 is 0. The second-order valence-corrected chi connectivity index (χ2v) is 4.25. The molecule has 0 saturated heterocycles. The highest BCUT2D eigenvalue weighted by Crippen LogP contribution is 2.31. The molecule has 1 aliphatic rings. The molecule has 0 amide bonds. The molecule has 0 unspecified atom stereocenters. The zero-order valence-corrected chi connectivity index (χ0v) is 9.12. The van der Waals surface area contributed by atoms with E-state index in [2.05, 4.69) is 18.7 Å². The molecule has 0 heterocycles. The predicted molar refractivity (Wildman–Crippen MR) is 62.0 cm³/mol. The molecule has 2 nitrogen and oxygen atoms in total. The molecule has 2 heteroatoms. The Kier molecular flexibility index (Phi) is 2.78. The summed E-state index contributed by atoms with van der Waals surface area (Å²) in [6.45, 7) is 6.36.